The molecule has 0 amide bonds. The molecule has 3 heteroatoms. The zero-order chi connectivity index (χ0) is 14.4. The maximum atomic E-state index is 5.97. The minimum absolute atomic E-state index is 0.281. The van der Waals surface area contributed by atoms with Crippen molar-refractivity contribution in [3.63, 3.8) is 0 Å². The van der Waals surface area contributed by atoms with Gasteiger partial charge in [0.25, 0.3) is 0 Å². The number of pyridine rings is 1. The molecule has 2 aromatic rings. The molecule has 1 heterocycles. The highest BCUT2D eigenvalue weighted by molar-refractivity contribution is 5.39. The quantitative estimate of drug-likeness (QED) is 0.870. The van der Waals surface area contributed by atoms with Crippen LogP contribution < -0.4 is 10.1 Å². The van der Waals surface area contributed by atoms with Crippen molar-refractivity contribution < 1.29 is 4.74 Å². The molecule has 0 radical (unpaired) electrons. The van der Waals surface area contributed by atoms with Crippen LogP contribution in [0.25, 0.3) is 0 Å². The summed E-state index contributed by atoms with van der Waals surface area (Å²) in [5.41, 5.74) is 3.53. The van der Waals surface area contributed by atoms with Crippen molar-refractivity contribution in [2.75, 3.05) is 6.54 Å². The Morgan fingerprint density at radius 3 is 2.85 bits per heavy atom. The lowest BCUT2D eigenvalue weighted by molar-refractivity contribution is 0.299. The molecular formula is C17H22N2O. The first-order valence-electron chi connectivity index (χ1n) is 7.06. The molecule has 2 rings (SSSR count). The van der Waals surface area contributed by atoms with Gasteiger partial charge < -0.3 is 10.1 Å². The van der Waals surface area contributed by atoms with Gasteiger partial charge in [-0.05, 0) is 32.5 Å². The fourth-order valence-electron chi connectivity index (χ4n) is 2.20. The summed E-state index contributed by atoms with van der Waals surface area (Å²) in [5.74, 6) is 0.938. The lowest BCUT2D eigenvalue weighted by atomic mass is 10.0. The van der Waals surface area contributed by atoms with E-state index in [1.165, 1.54) is 11.1 Å². The molecule has 1 aromatic heterocycles. The Hall–Kier alpha value is -1.87. The van der Waals surface area contributed by atoms with Gasteiger partial charge in [0.15, 0.2) is 0 Å². The molecule has 106 valence electrons. The van der Waals surface area contributed by atoms with Gasteiger partial charge in [0.05, 0.1) is 0 Å². The maximum absolute atomic E-state index is 5.97. The van der Waals surface area contributed by atoms with Gasteiger partial charge in [-0.1, -0.05) is 30.7 Å². The van der Waals surface area contributed by atoms with E-state index in [1.54, 1.807) is 6.20 Å². The van der Waals surface area contributed by atoms with E-state index in [4.69, 9.17) is 4.74 Å². The van der Waals surface area contributed by atoms with Crippen LogP contribution >= 0.6 is 0 Å². The van der Waals surface area contributed by atoms with Gasteiger partial charge in [0.1, 0.15) is 12.4 Å². The van der Waals surface area contributed by atoms with Gasteiger partial charge in [-0.25, -0.2) is 0 Å². The molecule has 3 nitrogen and oxygen atoms in total. The zero-order valence-corrected chi connectivity index (χ0v) is 12.4. The number of nitrogens with one attached hydrogen (secondary N) is 1. The van der Waals surface area contributed by atoms with Crippen LogP contribution in [0.15, 0.2) is 42.7 Å². The Morgan fingerprint density at radius 2 is 2.15 bits per heavy atom. The highest BCUT2D eigenvalue weighted by Crippen LogP contribution is 2.27. The summed E-state index contributed by atoms with van der Waals surface area (Å²) in [6.07, 6.45) is 3.61. The van der Waals surface area contributed by atoms with Crippen LogP contribution in [0.4, 0.5) is 0 Å². The fraction of sp³-hybridized carbons (Fsp3) is 0.353. The molecule has 0 bridgehead atoms. The first kappa shape index (κ1) is 14.5. The van der Waals surface area contributed by atoms with Crippen molar-refractivity contribution >= 4 is 0 Å². The number of hydrogen-bond donors (Lipinski definition) is 1. The van der Waals surface area contributed by atoms with Gasteiger partial charge in [0.2, 0.25) is 0 Å². The fourth-order valence-corrected chi connectivity index (χ4v) is 2.20. The third kappa shape index (κ3) is 3.81. The van der Waals surface area contributed by atoms with Crippen LogP contribution in [0.5, 0.6) is 5.75 Å². The van der Waals surface area contributed by atoms with Crippen LogP contribution in [0.1, 0.15) is 36.6 Å². The third-order valence-electron chi connectivity index (χ3n) is 3.26. The molecule has 0 saturated heterocycles. The second-order valence-electron chi connectivity index (χ2n) is 4.97. The summed E-state index contributed by atoms with van der Waals surface area (Å²) in [4.78, 5) is 4.11. The molecule has 0 aliphatic carbocycles. The first-order chi connectivity index (χ1) is 9.70. The number of aryl methyl sites for hydroxylation is 1. The summed E-state index contributed by atoms with van der Waals surface area (Å²) in [6.45, 7) is 7.87. The van der Waals surface area contributed by atoms with Crippen molar-refractivity contribution in [3.8, 4) is 5.75 Å². The monoisotopic (exact) mass is 270 g/mol. The van der Waals surface area contributed by atoms with Crippen molar-refractivity contribution in [3.05, 3.63) is 59.4 Å². The molecule has 1 atom stereocenters. The Balaban J connectivity index is 2.14. The van der Waals surface area contributed by atoms with Crippen molar-refractivity contribution in [2.24, 2.45) is 0 Å². The molecule has 0 aliphatic heterocycles. The summed E-state index contributed by atoms with van der Waals surface area (Å²) < 4.78 is 5.97. The number of benzene rings is 1. The Kier molecular flexibility index (Phi) is 5.13. The SMILES string of the molecule is CCNC(C)c1cc(C)ccc1OCc1cccnc1. The minimum Gasteiger partial charge on any atom is -0.489 e. The largest absolute Gasteiger partial charge is 0.489 e. The number of nitrogens with zero attached hydrogens (tertiary/aromatic N) is 1. The second-order valence-corrected chi connectivity index (χ2v) is 4.97. The summed E-state index contributed by atoms with van der Waals surface area (Å²) >= 11 is 0. The van der Waals surface area contributed by atoms with E-state index >= 15 is 0 Å². The Morgan fingerprint density at radius 1 is 1.30 bits per heavy atom. The second kappa shape index (κ2) is 7.06. The minimum atomic E-state index is 0.281. The number of ether oxygens (including phenoxy) is 1. The molecule has 0 aliphatic rings. The third-order valence-corrected chi connectivity index (χ3v) is 3.26. The predicted molar refractivity (Wildman–Crippen MR) is 81.8 cm³/mol. The van der Waals surface area contributed by atoms with E-state index < -0.39 is 0 Å². The van der Waals surface area contributed by atoms with Crippen molar-refractivity contribution in [1.29, 1.82) is 0 Å². The smallest absolute Gasteiger partial charge is 0.124 e. The Bertz CT molecular complexity index is 540. The van der Waals surface area contributed by atoms with Crippen molar-refractivity contribution in [1.82, 2.24) is 10.3 Å². The zero-order valence-electron chi connectivity index (χ0n) is 12.4. The number of rotatable bonds is 6. The lowest BCUT2D eigenvalue weighted by Crippen LogP contribution is -2.18. The molecule has 0 fully saturated rings. The summed E-state index contributed by atoms with van der Waals surface area (Å²) in [6, 6.07) is 10.6. The van der Waals surface area contributed by atoms with E-state index in [-0.39, 0.29) is 6.04 Å². The topological polar surface area (TPSA) is 34.1 Å². The normalized spacial score (nSPS) is 12.2. The van der Waals surface area contributed by atoms with E-state index in [2.05, 4.69) is 49.3 Å². The van der Waals surface area contributed by atoms with Crippen molar-refractivity contribution in [2.45, 2.75) is 33.4 Å². The van der Waals surface area contributed by atoms with E-state index in [1.807, 2.05) is 18.3 Å². The molecule has 1 unspecified atom stereocenters. The molecule has 0 saturated carbocycles. The van der Waals surface area contributed by atoms with Gasteiger partial charge in [-0.2, -0.15) is 0 Å². The predicted octanol–water partition coefficient (Wildman–Crippen LogP) is 3.64. The highest BCUT2D eigenvalue weighted by atomic mass is 16.5. The Labute approximate surface area is 121 Å². The van der Waals surface area contributed by atoms with Gasteiger partial charge in [-0.15, -0.1) is 0 Å². The molecular weight excluding hydrogens is 248 g/mol. The molecule has 20 heavy (non-hydrogen) atoms. The summed E-state index contributed by atoms with van der Waals surface area (Å²) in [5, 5.41) is 3.44. The van der Waals surface area contributed by atoms with E-state index in [0.29, 0.717) is 6.61 Å². The molecule has 0 spiro atoms. The van der Waals surface area contributed by atoms with Crippen LogP contribution in [0.2, 0.25) is 0 Å². The van der Waals surface area contributed by atoms with Gasteiger partial charge >= 0.3 is 0 Å². The lowest BCUT2D eigenvalue weighted by Gasteiger charge is -2.18. The highest BCUT2D eigenvalue weighted by Gasteiger charge is 2.11. The first-order valence-corrected chi connectivity index (χ1v) is 7.06. The van der Waals surface area contributed by atoms with Gasteiger partial charge in [-0.3, -0.25) is 4.98 Å². The van der Waals surface area contributed by atoms with Crippen LogP contribution in [-0.4, -0.2) is 11.5 Å². The molecule has 1 N–H and O–H groups in total. The van der Waals surface area contributed by atoms with E-state index in [9.17, 15) is 0 Å². The van der Waals surface area contributed by atoms with Crippen LogP contribution in [0.3, 0.4) is 0 Å². The number of hydrogen-bond acceptors (Lipinski definition) is 3. The van der Waals surface area contributed by atoms with Gasteiger partial charge in [0, 0.05) is 29.6 Å². The average Bonchev–Trinajstić information content (AvgIpc) is 2.47. The van der Waals surface area contributed by atoms with E-state index in [0.717, 1.165) is 17.9 Å². The average molecular weight is 270 g/mol. The standard InChI is InChI=1S/C17H22N2O/c1-4-19-14(3)16-10-13(2)7-8-17(16)20-12-15-6-5-9-18-11-15/h5-11,14,19H,4,12H2,1-3H3. The maximum Gasteiger partial charge on any atom is 0.124 e. The van der Waals surface area contributed by atoms with Crippen LogP contribution in [0, 0.1) is 6.92 Å². The van der Waals surface area contributed by atoms with Crippen LogP contribution in [-0.2, 0) is 6.61 Å². The summed E-state index contributed by atoms with van der Waals surface area (Å²) in [7, 11) is 0. The number of aromatic nitrogens is 1. The molecule has 1 aromatic carbocycles.